The van der Waals surface area contributed by atoms with E-state index in [2.05, 4.69) is 0 Å². The molecule has 0 heterocycles. The summed E-state index contributed by atoms with van der Waals surface area (Å²) in [7, 11) is 1.28. The van der Waals surface area contributed by atoms with E-state index in [1.165, 1.54) is 25.3 Å². The molecule has 1 saturated carbocycles. The lowest BCUT2D eigenvalue weighted by Gasteiger charge is -2.37. The molecular formula is C12H11FO4. The Labute approximate surface area is 97.0 Å². The van der Waals surface area contributed by atoms with E-state index in [0.717, 1.165) is 0 Å². The van der Waals surface area contributed by atoms with Crippen molar-refractivity contribution < 1.29 is 23.8 Å². The number of hydrogen-bond acceptors (Lipinski definition) is 3. The standard InChI is InChI=1S/C12H11FO4/c1-17-10-8(3-2-4-9(10)13)12(11(15)16)5-7(14)6-12/h2-4H,5-6H2,1H3,(H,15,16). The van der Waals surface area contributed by atoms with E-state index in [0.29, 0.717) is 0 Å². The molecule has 1 N–H and O–H groups in total. The summed E-state index contributed by atoms with van der Waals surface area (Å²) in [4.78, 5) is 22.4. The molecule has 0 bridgehead atoms. The molecule has 1 aromatic carbocycles. The molecule has 1 fully saturated rings. The molecule has 0 amide bonds. The number of ketones is 1. The molecule has 0 saturated heterocycles. The highest BCUT2D eigenvalue weighted by atomic mass is 19.1. The molecule has 17 heavy (non-hydrogen) atoms. The van der Waals surface area contributed by atoms with Gasteiger partial charge in [-0.05, 0) is 6.07 Å². The largest absolute Gasteiger partial charge is 0.493 e. The number of methoxy groups -OCH3 is 1. The first-order valence-corrected chi connectivity index (χ1v) is 5.09. The first-order valence-electron chi connectivity index (χ1n) is 5.09. The van der Waals surface area contributed by atoms with Gasteiger partial charge in [0.2, 0.25) is 0 Å². The summed E-state index contributed by atoms with van der Waals surface area (Å²) in [5.74, 6) is -1.98. The SMILES string of the molecule is COc1c(F)cccc1C1(C(=O)O)CC(=O)C1. The summed E-state index contributed by atoms with van der Waals surface area (Å²) < 4.78 is 18.4. The van der Waals surface area contributed by atoms with Gasteiger partial charge in [0.05, 0.1) is 7.11 Å². The number of carbonyl (C=O) groups excluding carboxylic acids is 1. The number of halogens is 1. The first-order chi connectivity index (χ1) is 8.01. The quantitative estimate of drug-likeness (QED) is 0.867. The van der Waals surface area contributed by atoms with Gasteiger partial charge in [-0.1, -0.05) is 12.1 Å². The molecule has 1 aliphatic rings. The molecule has 0 aliphatic heterocycles. The number of carbonyl (C=O) groups is 2. The Bertz CT molecular complexity index is 487. The maximum atomic E-state index is 13.5. The van der Waals surface area contributed by atoms with E-state index in [1.807, 2.05) is 0 Å². The Morgan fingerprint density at radius 3 is 2.59 bits per heavy atom. The van der Waals surface area contributed by atoms with Gasteiger partial charge in [0.15, 0.2) is 11.6 Å². The lowest BCUT2D eigenvalue weighted by Crippen LogP contribution is -2.48. The number of aliphatic carboxylic acids is 1. The highest BCUT2D eigenvalue weighted by molar-refractivity contribution is 6.01. The van der Waals surface area contributed by atoms with Crippen LogP contribution in [0.2, 0.25) is 0 Å². The number of carboxylic acids is 1. The Kier molecular flexibility index (Phi) is 2.61. The fourth-order valence-corrected chi connectivity index (χ4v) is 2.17. The van der Waals surface area contributed by atoms with E-state index < -0.39 is 17.2 Å². The summed E-state index contributed by atoms with van der Waals surface area (Å²) in [6.45, 7) is 0. The third-order valence-corrected chi connectivity index (χ3v) is 3.09. The summed E-state index contributed by atoms with van der Waals surface area (Å²) in [5, 5.41) is 9.24. The van der Waals surface area contributed by atoms with Gasteiger partial charge in [0.25, 0.3) is 0 Å². The molecular weight excluding hydrogens is 227 g/mol. The molecule has 5 heteroatoms. The Hall–Kier alpha value is -1.91. The van der Waals surface area contributed by atoms with E-state index in [1.54, 1.807) is 0 Å². The van der Waals surface area contributed by atoms with Gasteiger partial charge in [-0.25, -0.2) is 4.39 Å². The van der Waals surface area contributed by atoms with Crippen molar-refractivity contribution in [2.24, 2.45) is 0 Å². The van der Waals surface area contributed by atoms with Crippen LogP contribution >= 0.6 is 0 Å². The van der Waals surface area contributed by atoms with Gasteiger partial charge in [-0.15, -0.1) is 0 Å². The zero-order valence-corrected chi connectivity index (χ0v) is 9.20. The molecule has 2 rings (SSSR count). The predicted octanol–water partition coefficient (Wildman–Crippen LogP) is 1.52. The number of para-hydroxylation sites is 1. The van der Waals surface area contributed by atoms with E-state index in [4.69, 9.17) is 4.74 Å². The minimum absolute atomic E-state index is 0.0950. The number of hydrogen-bond donors (Lipinski definition) is 1. The second kappa shape index (κ2) is 3.84. The molecule has 0 radical (unpaired) electrons. The van der Waals surface area contributed by atoms with Crippen LogP contribution in [-0.2, 0) is 15.0 Å². The zero-order chi connectivity index (χ0) is 12.6. The van der Waals surface area contributed by atoms with Crippen molar-refractivity contribution in [3.8, 4) is 5.75 Å². The number of Topliss-reactive ketones (excluding diaryl/α,β-unsaturated/α-hetero) is 1. The maximum absolute atomic E-state index is 13.5. The molecule has 0 aromatic heterocycles. The lowest BCUT2D eigenvalue weighted by molar-refractivity contribution is -0.153. The van der Waals surface area contributed by atoms with Crippen molar-refractivity contribution in [1.29, 1.82) is 0 Å². The molecule has 1 aromatic rings. The number of benzene rings is 1. The second-order valence-electron chi connectivity index (χ2n) is 4.10. The first kappa shape index (κ1) is 11.6. The fraction of sp³-hybridized carbons (Fsp3) is 0.333. The van der Waals surface area contributed by atoms with Crippen molar-refractivity contribution >= 4 is 11.8 Å². The number of rotatable bonds is 3. The van der Waals surface area contributed by atoms with E-state index >= 15 is 0 Å². The summed E-state index contributed by atoms with van der Waals surface area (Å²) in [6.07, 6.45) is -0.218. The van der Waals surface area contributed by atoms with Crippen LogP contribution in [0, 0.1) is 5.82 Å². The van der Waals surface area contributed by atoms with Crippen LogP contribution in [0.1, 0.15) is 18.4 Å². The van der Waals surface area contributed by atoms with Gasteiger partial charge in [0.1, 0.15) is 11.2 Å². The third-order valence-electron chi connectivity index (χ3n) is 3.09. The Morgan fingerprint density at radius 1 is 1.47 bits per heavy atom. The van der Waals surface area contributed by atoms with Crippen molar-refractivity contribution in [1.82, 2.24) is 0 Å². The normalized spacial score (nSPS) is 17.4. The van der Waals surface area contributed by atoms with Crippen molar-refractivity contribution in [3.63, 3.8) is 0 Å². The lowest BCUT2D eigenvalue weighted by atomic mass is 9.63. The predicted molar refractivity (Wildman–Crippen MR) is 56.5 cm³/mol. The minimum atomic E-state index is -1.33. The zero-order valence-electron chi connectivity index (χ0n) is 9.20. The van der Waals surface area contributed by atoms with Gasteiger partial charge < -0.3 is 9.84 Å². The minimum Gasteiger partial charge on any atom is -0.493 e. The smallest absolute Gasteiger partial charge is 0.315 e. The third kappa shape index (κ3) is 1.58. The van der Waals surface area contributed by atoms with Gasteiger partial charge in [-0.3, -0.25) is 9.59 Å². The van der Waals surface area contributed by atoms with Crippen LogP contribution in [0.25, 0.3) is 0 Å². The highest BCUT2D eigenvalue weighted by Gasteiger charge is 2.53. The van der Waals surface area contributed by atoms with E-state index in [-0.39, 0.29) is 29.9 Å². The van der Waals surface area contributed by atoms with Crippen LogP contribution in [0.4, 0.5) is 4.39 Å². The number of ether oxygens (including phenoxy) is 1. The van der Waals surface area contributed by atoms with Gasteiger partial charge in [0, 0.05) is 18.4 Å². The van der Waals surface area contributed by atoms with Crippen LogP contribution < -0.4 is 4.74 Å². The fourth-order valence-electron chi connectivity index (χ4n) is 2.17. The summed E-state index contributed by atoms with van der Waals surface area (Å²) >= 11 is 0. The Balaban J connectivity index is 2.55. The second-order valence-corrected chi connectivity index (χ2v) is 4.10. The molecule has 0 spiro atoms. The maximum Gasteiger partial charge on any atom is 0.315 e. The van der Waals surface area contributed by atoms with Crippen LogP contribution in [0.15, 0.2) is 18.2 Å². The van der Waals surface area contributed by atoms with Gasteiger partial charge in [-0.2, -0.15) is 0 Å². The summed E-state index contributed by atoms with van der Waals surface area (Å²) in [6, 6.07) is 4.10. The van der Waals surface area contributed by atoms with E-state index in [9.17, 15) is 19.1 Å². The molecule has 0 atom stereocenters. The number of carboxylic acid groups (broad SMARTS) is 1. The average molecular weight is 238 g/mol. The van der Waals surface area contributed by atoms with Crippen LogP contribution in [0.3, 0.4) is 0 Å². The topological polar surface area (TPSA) is 63.6 Å². The van der Waals surface area contributed by atoms with Crippen molar-refractivity contribution in [2.45, 2.75) is 18.3 Å². The molecule has 0 unspecified atom stereocenters. The molecule has 90 valence electrons. The summed E-state index contributed by atoms with van der Waals surface area (Å²) in [5.41, 5.74) is -1.10. The highest BCUT2D eigenvalue weighted by Crippen LogP contribution is 2.45. The average Bonchev–Trinajstić information content (AvgIpc) is 2.23. The van der Waals surface area contributed by atoms with Crippen molar-refractivity contribution in [3.05, 3.63) is 29.6 Å². The Morgan fingerprint density at radius 2 is 2.12 bits per heavy atom. The molecule has 1 aliphatic carbocycles. The van der Waals surface area contributed by atoms with Crippen LogP contribution in [0.5, 0.6) is 5.75 Å². The monoisotopic (exact) mass is 238 g/mol. The van der Waals surface area contributed by atoms with Crippen LogP contribution in [-0.4, -0.2) is 24.0 Å². The van der Waals surface area contributed by atoms with Gasteiger partial charge >= 0.3 is 5.97 Å². The molecule has 4 nitrogen and oxygen atoms in total. The van der Waals surface area contributed by atoms with Crippen molar-refractivity contribution in [2.75, 3.05) is 7.11 Å².